The summed E-state index contributed by atoms with van der Waals surface area (Å²) in [4.78, 5) is 23.0. The molecular weight excluding hydrogens is 344 g/mol. The molecule has 1 aromatic heterocycles. The number of amides is 1. The van der Waals surface area contributed by atoms with E-state index in [2.05, 4.69) is 15.3 Å². The predicted molar refractivity (Wildman–Crippen MR) is 103 cm³/mol. The first-order chi connectivity index (χ1) is 13.2. The Morgan fingerprint density at radius 3 is 2.81 bits per heavy atom. The number of benzene rings is 1. The molecule has 0 spiro atoms. The number of anilines is 1. The van der Waals surface area contributed by atoms with Crippen molar-refractivity contribution in [1.82, 2.24) is 14.9 Å². The van der Waals surface area contributed by atoms with Gasteiger partial charge < -0.3 is 19.7 Å². The maximum absolute atomic E-state index is 12.8. The van der Waals surface area contributed by atoms with E-state index in [4.69, 9.17) is 9.47 Å². The molecule has 0 saturated carbocycles. The quantitative estimate of drug-likeness (QED) is 0.720. The Labute approximate surface area is 159 Å². The van der Waals surface area contributed by atoms with Crippen molar-refractivity contribution in [3.05, 3.63) is 42.2 Å². The van der Waals surface area contributed by atoms with Crippen LogP contribution in [0.25, 0.3) is 0 Å². The van der Waals surface area contributed by atoms with Gasteiger partial charge in [-0.1, -0.05) is 0 Å². The van der Waals surface area contributed by atoms with E-state index in [1.54, 1.807) is 32.7 Å². The average molecular weight is 370 g/mol. The van der Waals surface area contributed by atoms with Gasteiger partial charge in [-0.3, -0.25) is 4.79 Å². The van der Waals surface area contributed by atoms with E-state index in [0.29, 0.717) is 18.9 Å². The zero-order valence-electron chi connectivity index (χ0n) is 15.9. The van der Waals surface area contributed by atoms with E-state index < -0.39 is 0 Å². The van der Waals surface area contributed by atoms with Gasteiger partial charge in [-0.2, -0.15) is 0 Å². The fourth-order valence-corrected chi connectivity index (χ4v) is 3.46. The summed E-state index contributed by atoms with van der Waals surface area (Å²) in [6, 6.07) is 7.56. The molecular formula is C20H26N4O3. The maximum atomic E-state index is 12.8. The minimum atomic E-state index is 0.0352. The topological polar surface area (TPSA) is 76.6 Å². The van der Waals surface area contributed by atoms with Crippen LogP contribution in [0.15, 0.2) is 36.7 Å². The van der Waals surface area contributed by atoms with Crippen LogP contribution in [-0.4, -0.2) is 48.1 Å². The average Bonchev–Trinajstić information content (AvgIpc) is 3.21. The first-order valence-electron chi connectivity index (χ1n) is 9.25. The largest absolute Gasteiger partial charge is 0.497 e. The summed E-state index contributed by atoms with van der Waals surface area (Å²) in [6.07, 6.45) is 6.53. The molecule has 144 valence electrons. The second-order valence-electron chi connectivity index (χ2n) is 6.46. The monoisotopic (exact) mass is 370 g/mol. The third-order valence-electron chi connectivity index (χ3n) is 4.79. The molecule has 1 amide bonds. The lowest BCUT2D eigenvalue weighted by Gasteiger charge is -2.27. The van der Waals surface area contributed by atoms with Gasteiger partial charge in [0.1, 0.15) is 11.5 Å². The number of likely N-dealkylation sites (tertiary alicyclic amines) is 1. The van der Waals surface area contributed by atoms with Gasteiger partial charge in [-0.05, 0) is 43.5 Å². The normalized spacial score (nSPS) is 16.2. The lowest BCUT2D eigenvalue weighted by Crippen LogP contribution is -2.31. The van der Waals surface area contributed by atoms with Crippen molar-refractivity contribution >= 4 is 11.9 Å². The summed E-state index contributed by atoms with van der Waals surface area (Å²) in [5.74, 6) is 2.32. The van der Waals surface area contributed by atoms with Crippen LogP contribution in [0, 0.1) is 0 Å². The number of rotatable bonds is 8. The van der Waals surface area contributed by atoms with Crippen molar-refractivity contribution in [2.75, 3.05) is 32.6 Å². The Hall–Kier alpha value is -2.83. The number of nitrogens with zero attached hydrogens (tertiary/aromatic N) is 3. The first-order valence-corrected chi connectivity index (χ1v) is 9.25. The molecule has 27 heavy (non-hydrogen) atoms. The number of methoxy groups -OCH3 is 2. The Balaban J connectivity index is 1.59. The third-order valence-corrected chi connectivity index (χ3v) is 4.79. The molecule has 0 radical (unpaired) electrons. The number of hydrogen-bond donors (Lipinski definition) is 1. The van der Waals surface area contributed by atoms with E-state index in [1.807, 2.05) is 23.1 Å². The Morgan fingerprint density at radius 2 is 2.07 bits per heavy atom. The van der Waals surface area contributed by atoms with Crippen molar-refractivity contribution in [2.45, 2.75) is 31.7 Å². The SMILES string of the molecule is COc1ccc(OC)c([C@H]2CCCN2C(=O)CCCNc2ncccn2)c1. The van der Waals surface area contributed by atoms with E-state index in [0.717, 1.165) is 42.9 Å². The van der Waals surface area contributed by atoms with Gasteiger partial charge in [-0.15, -0.1) is 0 Å². The zero-order valence-corrected chi connectivity index (χ0v) is 15.9. The van der Waals surface area contributed by atoms with Crippen LogP contribution in [0.2, 0.25) is 0 Å². The molecule has 2 aromatic rings. The van der Waals surface area contributed by atoms with Gasteiger partial charge >= 0.3 is 0 Å². The molecule has 3 rings (SSSR count). The van der Waals surface area contributed by atoms with Crippen LogP contribution >= 0.6 is 0 Å². The molecule has 1 aliphatic rings. The number of hydrogen-bond acceptors (Lipinski definition) is 6. The first kappa shape index (κ1) is 18.9. The number of aromatic nitrogens is 2. The van der Waals surface area contributed by atoms with Gasteiger partial charge in [0.05, 0.1) is 20.3 Å². The Kier molecular flexibility index (Phi) is 6.46. The summed E-state index contributed by atoms with van der Waals surface area (Å²) in [5.41, 5.74) is 1.01. The van der Waals surface area contributed by atoms with Crippen LogP contribution in [0.1, 0.15) is 37.3 Å². The number of carbonyl (C=O) groups excluding carboxylic acids is 1. The molecule has 0 unspecified atom stereocenters. The fraction of sp³-hybridized carbons (Fsp3) is 0.450. The predicted octanol–water partition coefficient (Wildman–Crippen LogP) is 3.05. The van der Waals surface area contributed by atoms with E-state index in [9.17, 15) is 4.79 Å². The smallest absolute Gasteiger partial charge is 0.223 e. The molecule has 1 fully saturated rings. The molecule has 0 bridgehead atoms. The second kappa shape index (κ2) is 9.21. The molecule has 1 aromatic carbocycles. The summed E-state index contributed by atoms with van der Waals surface area (Å²) >= 11 is 0. The van der Waals surface area contributed by atoms with Gasteiger partial charge in [0.25, 0.3) is 0 Å². The molecule has 1 atom stereocenters. The molecule has 1 N–H and O–H groups in total. The lowest BCUT2D eigenvalue weighted by molar-refractivity contribution is -0.132. The van der Waals surface area contributed by atoms with Crippen molar-refractivity contribution < 1.29 is 14.3 Å². The third kappa shape index (κ3) is 4.67. The Morgan fingerprint density at radius 1 is 1.26 bits per heavy atom. The molecule has 2 heterocycles. The Bertz CT molecular complexity index is 754. The van der Waals surface area contributed by atoms with Crippen LogP contribution in [-0.2, 0) is 4.79 Å². The van der Waals surface area contributed by atoms with Gasteiger partial charge in [0.15, 0.2) is 0 Å². The molecule has 1 saturated heterocycles. The van der Waals surface area contributed by atoms with E-state index in [1.165, 1.54) is 0 Å². The highest BCUT2D eigenvalue weighted by molar-refractivity contribution is 5.77. The molecule has 0 aliphatic carbocycles. The van der Waals surface area contributed by atoms with Gasteiger partial charge in [-0.25, -0.2) is 9.97 Å². The lowest BCUT2D eigenvalue weighted by atomic mass is 10.0. The summed E-state index contributed by atoms with van der Waals surface area (Å²) in [6.45, 7) is 1.44. The van der Waals surface area contributed by atoms with Crippen LogP contribution in [0.4, 0.5) is 5.95 Å². The summed E-state index contributed by atoms with van der Waals surface area (Å²) < 4.78 is 10.9. The van der Waals surface area contributed by atoms with Crippen molar-refractivity contribution in [1.29, 1.82) is 0 Å². The molecule has 7 nitrogen and oxygen atoms in total. The minimum Gasteiger partial charge on any atom is -0.497 e. The second-order valence-corrected chi connectivity index (χ2v) is 6.46. The minimum absolute atomic E-state index is 0.0352. The fourth-order valence-electron chi connectivity index (χ4n) is 3.46. The van der Waals surface area contributed by atoms with Crippen molar-refractivity contribution in [3.8, 4) is 11.5 Å². The number of carbonyl (C=O) groups is 1. The standard InChI is InChI=1S/C20H26N4O3/c1-26-15-8-9-18(27-2)16(14-15)17-6-4-13-24(17)19(25)7-3-10-21-20-22-11-5-12-23-20/h5,8-9,11-12,14,17H,3-4,6-7,10,13H2,1-2H3,(H,21,22,23)/t17-/m1/s1. The number of ether oxygens (including phenoxy) is 2. The highest BCUT2D eigenvalue weighted by Gasteiger charge is 2.31. The zero-order chi connectivity index (χ0) is 19.1. The van der Waals surface area contributed by atoms with Crippen LogP contribution < -0.4 is 14.8 Å². The van der Waals surface area contributed by atoms with E-state index >= 15 is 0 Å². The van der Waals surface area contributed by atoms with E-state index in [-0.39, 0.29) is 11.9 Å². The summed E-state index contributed by atoms with van der Waals surface area (Å²) in [7, 11) is 3.30. The highest BCUT2D eigenvalue weighted by atomic mass is 16.5. The van der Waals surface area contributed by atoms with Crippen LogP contribution in [0.5, 0.6) is 11.5 Å². The number of nitrogens with one attached hydrogen (secondary N) is 1. The summed E-state index contributed by atoms with van der Waals surface area (Å²) in [5, 5.41) is 3.14. The van der Waals surface area contributed by atoms with Crippen LogP contribution in [0.3, 0.4) is 0 Å². The van der Waals surface area contributed by atoms with Gasteiger partial charge in [0, 0.05) is 37.5 Å². The molecule has 1 aliphatic heterocycles. The maximum Gasteiger partial charge on any atom is 0.223 e. The molecule has 7 heteroatoms. The van der Waals surface area contributed by atoms with Gasteiger partial charge in [0.2, 0.25) is 11.9 Å². The van der Waals surface area contributed by atoms with Crippen molar-refractivity contribution in [3.63, 3.8) is 0 Å². The van der Waals surface area contributed by atoms with Crippen molar-refractivity contribution in [2.24, 2.45) is 0 Å². The highest BCUT2D eigenvalue weighted by Crippen LogP contribution is 2.39.